The molecule has 0 aromatic rings. The fourth-order valence-corrected chi connectivity index (χ4v) is 4.40. The lowest BCUT2D eigenvalue weighted by Gasteiger charge is -2.25. The first-order chi connectivity index (χ1) is 6.95. The molecule has 0 unspecified atom stereocenters. The molecule has 2 saturated carbocycles. The molecule has 0 aromatic carbocycles. The van der Waals surface area contributed by atoms with Crippen molar-refractivity contribution in [2.24, 2.45) is 5.92 Å². The zero-order chi connectivity index (χ0) is 9.64. The van der Waals surface area contributed by atoms with Gasteiger partial charge in [0.05, 0.1) is 0 Å². The maximum absolute atomic E-state index is 2.30. The lowest BCUT2D eigenvalue weighted by Crippen LogP contribution is -2.14. The van der Waals surface area contributed by atoms with E-state index >= 15 is 0 Å². The van der Waals surface area contributed by atoms with Crippen molar-refractivity contribution in [3.05, 3.63) is 0 Å². The summed E-state index contributed by atoms with van der Waals surface area (Å²) in [6.07, 6.45) is 15.1. The second kappa shape index (κ2) is 6.05. The number of thioether (sulfide) groups is 1. The van der Waals surface area contributed by atoms with Gasteiger partial charge in [-0.05, 0) is 37.4 Å². The summed E-state index contributed by atoms with van der Waals surface area (Å²) in [6.45, 7) is 0. The Hall–Kier alpha value is 0.350. The normalized spacial score (nSPS) is 26.6. The zero-order valence-corrected chi connectivity index (χ0v) is 10.2. The molecule has 2 aliphatic carbocycles. The van der Waals surface area contributed by atoms with Crippen LogP contribution in [0.15, 0.2) is 0 Å². The molecule has 14 heavy (non-hydrogen) atoms. The van der Waals surface area contributed by atoms with Gasteiger partial charge in [-0.15, -0.1) is 0 Å². The molecule has 0 aromatic heterocycles. The summed E-state index contributed by atoms with van der Waals surface area (Å²) in [7, 11) is 0. The summed E-state index contributed by atoms with van der Waals surface area (Å²) in [4.78, 5) is 0. The zero-order valence-electron chi connectivity index (χ0n) is 9.34. The summed E-state index contributed by atoms with van der Waals surface area (Å²) in [6, 6.07) is 0. The summed E-state index contributed by atoms with van der Waals surface area (Å²) in [5.41, 5.74) is 0. The van der Waals surface area contributed by atoms with Crippen molar-refractivity contribution < 1.29 is 0 Å². The van der Waals surface area contributed by atoms with Gasteiger partial charge in [-0.25, -0.2) is 0 Å². The Balaban J connectivity index is 1.60. The van der Waals surface area contributed by atoms with Crippen LogP contribution >= 0.6 is 11.8 Å². The van der Waals surface area contributed by atoms with Gasteiger partial charge >= 0.3 is 0 Å². The van der Waals surface area contributed by atoms with Gasteiger partial charge in [-0.3, -0.25) is 0 Å². The second-order valence-electron chi connectivity index (χ2n) is 5.10. The third-order valence-corrected chi connectivity index (χ3v) is 5.45. The predicted octanol–water partition coefficient (Wildman–Crippen LogP) is 4.63. The van der Waals surface area contributed by atoms with Gasteiger partial charge in [0, 0.05) is 5.25 Å². The van der Waals surface area contributed by atoms with E-state index in [4.69, 9.17) is 0 Å². The average Bonchev–Trinajstić information content (AvgIpc) is 2.29. The monoisotopic (exact) mass is 212 g/mol. The van der Waals surface area contributed by atoms with Gasteiger partial charge in [-0.1, -0.05) is 38.5 Å². The van der Waals surface area contributed by atoms with Crippen LogP contribution in [0, 0.1) is 5.92 Å². The molecule has 0 nitrogen and oxygen atoms in total. The molecule has 0 atom stereocenters. The van der Waals surface area contributed by atoms with Gasteiger partial charge in [-0.2, -0.15) is 11.8 Å². The van der Waals surface area contributed by atoms with E-state index in [-0.39, 0.29) is 0 Å². The molecule has 2 aliphatic rings. The Bertz CT molecular complexity index is 125. The minimum absolute atomic E-state index is 1.03. The molecule has 0 heterocycles. The van der Waals surface area contributed by atoms with Crippen LogP contribution in [-0.4, -0.2) is 11.0 Å². The van der Waals surface area contributed by atoms with Crippen molar-refractivity contribution >= 4 is 11.8 Å². The Morgan fingerprint density at radius 1 is 0.714 bits per heavy atom. The van der Waals surface area contributed by atoms with E-state index in [9.17, 15) is 0 Å². The quantitative estimate of drug-likeness (QED) is 0.657. The van der Waals surface area contributed by atoms with Crippen LogP contribution in [0.1, 0.15) is 64.2 Å². The highest BCUT2D eigenvalue weighted by atomic mass is 32.2. The lowest BCUT2D eigenvalue weighted by atomic mass is 9.91. The van der Waals surface area contributed by atoms with E-state index < -0.39 is 0 Å². The average molecular weight is 212 g/mol. The Morgan fingerprint density at radius 2 is 1.29 bits per heavy atom. The molecule has 2 rings (SSSR count). The topological polar surface area (TPSA) is 0 Å². The molecule has 0 N–H and O–H groups in total. The molecule has 0 aliphatic heterocycles. The predicted molar refractivity (Wildman–Crippen MR) is 65.9 cm³/mol. The minimum Gasteiger partial charge on any atom is -0.158 e. The van der Waals surface area contributed by atoms with Gasteiger partial charge < -0.3 is 0 Å². The van der Waals surface area contributed by atoms with Crippen molar-refractivity contribution in [1.29, 1.82) is 0 Å². The second-order valence-corrected chi connectivity index (χ2v) is 6.43. The van der Waals surface area contributed by atoms with Gasteiger partial charge in [0.1, 0.15) is 0 Å². The van der Waals surface area contributed by atoms with Crippen LogP contribution in [0.4, 0.5) is 0 Å². The van der Waals surface area contributed by atoms with Crippen LogP contribution in [0.2, 0.25) is 0 Å². The Labute approximate surface area is 93.2 Å². The molecule has 0 amide bonds. The first-order valence-corrected chi connectivity index (χ1v) is 7.61. The first kappa shape index (κ1) is 10.9. The summed E-state index contributed by atoms with van der Waals surface area (Å²) >= 11 is 2.30. The molecule has 0 spiro atoms. The maximum atomic E-state index is 2.30. The van der Waals surface area contributed by atoms with E-state index in [1.807, 2.05) is 0 Å². The molecule has 2 fully saturated rings. The summed E-state index contributed by atoms with van der Waals surface area (Å²) in [5, 5.41) is 1.03. The number of hydrogen-bond donors (Lipinski definition) is 0. The van der Waals surface area contributed by atoms with Crippen LogP contribution in [0.5, 0.6) is 0 Å². The van der Waals surface area contributed by atoms with Crippen LogP contribution in [-0.2, 0) is 0 Å². The number of rotatable bonds is 3. The molecule has 82 valence electrons. The smallest absolute Gasteiger partial charge is 0.00471 e. The minimum atomic E-state index is 1.03. The fraction of sp³-hybridized carbons (Fsp3) is 1.00. The van der Waals surface area contributed by atoms with E-state index in [1.165, 1.54) is 70.0 Å². The van der Waals surface area contributed by atoms with Gasteiger partial charge in [0.15, 0.2) is 0 Å². The highest BCUT2D eigenvalue weighted by Crippen LogP contribution is 2.33. The summed E-state index contributed by atoms with van der Waals surface area (Å²) in [5.74, 6) is 2.56. The molecular formula is C13H24S. The Kier molecular flexibility index (Phi) is 4.69. The van der Waals surface area contributed by atoms with Gasteiger partial charge in [0.25, 0.3) is 0 Å². The Morgan fingerprint density at radius 3 is 1.93 bits per heavy atom. The molecule has 0 radical (unpaired) electrons. The number of hydrogen-bond acceptors (Lipinski definition) is 1. The maximum Gasteiger partial charge on any atom is 0.00471 e. The highest BCUT2D eigenvalue weighted by molar-refractivity contribution is 7.99. The van der Waals surface area contributed by atoms with Crippen LogP contribution < -0.4 is 0 Å². The highest BCUT2D eigenvalue weighted by Gasteiger charge is 2.18. The van der Waals surface area contributed by atoms with E-state index in [0.29, 0.717) is 0 Å². The lowest BCUT2D eigenvalue weighted by molar-refractivity contribution is 0.390. The van der Waals surface area contributed by atoms with E-state index in [0.717, 1.165) is 11.2 Å². The third kappa shape index (κ3) is 3.49. The van der Waals surface area contributed by atoms with Crippen LogP contribution in [0.3, 0.4) is 0 Å². The first-order valence-electron chi connectivity index (χ1n) is 6.57. The SMILES string of the molecule is C1CCC(CSC2CCCCC2)CC1. The van der Waals surface area contributed by atoms with Crippen molar-refractivity contribution in [3.63, 3.8) is 0 Å². The molecule has 0 saturated heterocycles. The largest absolute Gasteiger partial charge is 0.158 e. The molecule has 0 bridgehead atoms. The van der Waals surface area contributed by atoms with Crippen LogP contribution in [0.25, 0.3) is 0 Å². The van der Waals surface area contributed by atoms with Crippen molar-refractivity contribution in [3.8, 4) is 0 Å². The van der Waals surface area contributed by atoms with E-state index in [2.05, 4.69) is 11.8 Å². The molecular weight excluding hydrogens is 188 g/mol. The third-order valence-electron chi connectivity index (χ3n) is 3.84. The van der Waals surface area contributed by atoms with Crippen molar-refractivity contribution in [1.82, 2.24) is 0 Å². The standard InChI is InChI=1S/C13H24S/c1-3-7-12(8-4-1)11-14-13-9-5-2-6-10-13/h12-13H,1-11H2. The van der Waals surface area contributed by atoms with E-state index in [1.54, 1.807) is 0 Å². The van der Waals surface area contributed by atoms with Crippen molar-refractivity contribution in [2.75, 3.05) is 5.75 Å². The summed E-state index contributed by atoms with van der Waals surface area (Å²) < 4.78 is 0. The van der Waals surface area contributed by atoms with Crippen molar-refractivity contribution in [2.45, 2.75) is 69.5 Å². The fourth-order valence-electron chi connectivity index (χ4n) is 2.86. The van der Waals surface area contributed by atoms with Gasteiger partial charge in [0.2, 0.25) is 0 Å². The molecule has 1 heteroatoms.